The van der Waals surface area contributed by atoms with Crippen LogP contribution in [0.25, 0.3) is 0 Å². The Kier molecular flexibility index (Phi) is 3.88. The molecule has 86 valence electrons. The first kappa shape index (κ1) is 12.0. The van der Waals surface area contributed by atoms with E-state index in [0.717, 1.165) is 5.56 Å². The van der Waals surface area contributed by atoms with Gasteiger partial charge in [-0.2, -0.15) is 0 Å². The third-order valence-electron chi connectivity index (χ3n) is 2.30. The van der Waals surface area contributed by atoms with Crippen molar-refractivity contribution in [2.24, 2.45) is 10.9 Å². The quantitative estimate of drug-likeness (QED) is 0.306. The Hall–Kier alpha value is -2.04. The van der Waals surface area contributed by atoms with Crippen LogP contribution in [0, 0.1) is 6.92 Å². The molecule has 0 radical (unpaired) electrons. The minimum absolute atomic E-state index is 0.0260. The molecule has 0 fully saturated rings. The number of carbonyl (C=O) groups excluding carboxylic acids is 1. The van der Waals surface area contributed by atoms with Crippen molar-refractivity contribution >= 4 is 11.7 Å². The zero-order valence-corrected chi connectivity index (χ0v) is 9.27. The van der Waals surface area contributed by atoms with Crippen molar-refractivity contribution in [3.8, 4) is 0 Å². The van der Waals surface area contributed by atoms with Gasteiger partial charge >= 0.3 is 0 Å². The van der Waals surface area contributed by atoms with Crippen LogP contribution >= 0.6 is 0 Å². The Balaban J connectivity index is 2.78. The molecule has 1 aromatic rings. The standard InChI is InChI=1S/C11H15N3O2/c1-7-5-3-4-6-9(7)11(15)13-8(2)10(12)14-16/h3-6,8,16H,1-2H3,(H2,12,14)(H,13,15). The molecule has 0 aliphatic heterocycles. The molecule has 16 heavy (non-hydrogen) atoms. The molecule has 0 bridgehead atoms. The molecule has 0 spiro atoms. The summed E-state index contributed by atoms with van der Waals surface area (Å²) in [4.78, 5) is 11.8. The Bertz CT molecular complexity index is 415. The lowest BCUT2D eigenvalue weighted by Crippen LogP contribution is -2.42. The first-order chi connectivity index (χ1) is 7.56. The molecule has 1 amide bonds. The Morgan fingerprint density at radius 3 is 2.69 bits per heavy atom. The molecule has 0 heterocycles. The van der Waals surface area contributed by atoms with E-state index in [1.165, 1.54) is 0 Å². The number of hydrogen-bond acceptors (Lipinski definition) is 3. The highest BCUT2D eigenvalue weighted by atomic mass is 16.4. The molecule has 0 aromatic heterocycles. The lowest BCUT2D eigenvalue weighted by atomic mass is 10.1. The summed E-state index contributed by atoms with van der Waals surface area (Å²) in [6.07, 6.45) is 0. The Morgan fingerprint density at radius 2 is 2.12 bits per heavy atom. The highest BCUT2D eigenvalue weighted by molar-refractivity contribution is 5.99. The first-order valence-corrected chi connectivity index (χ1v) is 4.90. The number of hydrogen-bond donors (Lipinski definition) is 3. The van der Waals surface area contributed by atoms with Gasteiger partial charge in [-0.1, -0.05) is 23.4 Å². The monoisotopic (exact) mass is 221 g/mol. The maximum absolute atomic E-state index is 11.8. The number of benzene rings is 1. The number of amidine groups is 1. The van der Waals surface area contributed by atoms with Gasteiger partial charge in [-0.15, -0.1) is 0 Å². The van der Waals surface area contributed by atoms with Crippen molar-refractivity contribution in [2.75, 3.05) is 0 Å². The summed E-state index contributed by atoms with van der Waals surface area (Å²) in [7, 11) is 0. The Labute approximate surface area is 94.0 Å². The minimum Gasteiger partial charge on any atom is -0.409 e. The van der Waals surface area contributed by atoms with Gasteiger partial charge in [0.05, 0.1) is 6.04 Å². The van der Waals surface area contributed by atoms with Crippen molar-refractivity contribution < 1.29 is 10.0 Å². The lowest BCUT2D eigenvalue weighted by molar-refractivity contribution is 0.0948. The SMILES string of the molecule is Cc1ccccc1C(=O)NC(C)/C(N)=N/O. The van der Waals surface area contributed by atoms with Gasteiger partial charge in [-0.25, -0.2) is 0 Å². The molecule has 0 aliphatic rings. The highest BCUT2D eigenvalue weighted by Gasteiger charge is 2.13. The number of aryl methyl sites for hydroxylation is 1. The number of carbonyl (C=O) groups is 1. The zero-order valence-electron chi connectivity index (χ0n) is 9.27. The number of oxime groups is 1. The molecule has 1 aromatic carbocycles. The maximum Gasteiger partial charge on any atom is 0.252 e. The summed E-state index contributed by atoms with van der Waals surface area (Å²) in [6, 6.07) is 6.72. The smallest absolute Gasteiger partial charge is 0.252 e. The summed E-state index contributed by atoms with van der Waals surface area (Å²) in [5, 5.41) is 13.9. The third kappa shape index (κ3) is 2.73. The number of nitrogens with one attached hydrogen (secondary N) is 1. The van der Waals surface area contributed by atoms with Gasteiger partial charge in [-0.3, -0.25) is 4.79 Å². The number of nitrogens with zero attached hydrogens (tertiary/aromatic N) is 1. The molecule has 5 heteroatoms. The number of nitrogens with two attached hydrogens (primary N) is 1. The highest BCUT2D eigenvalue weighted by Crippen LogP contribution is 2.06. The Morgan fingerprint density at radius 1 is 1.50 bits per heavy atom. The van der Waals surface area contributed by atoms with Crippen LogP contribution in [0.15, 0.2) is 29.4 Å². The van der Waals surface area contributed by atoms with Crippen LogP contribution in [0.3, 0.4) is 0 Å². The van der Waals surface area contributed by atoms with Gasteiger partial charge in [-0.05, 0) is 25.5 Å². The van der Waals surface area contributed by atoms with Crippen molar-refractivity contribution in [2.45, 2.75) is 19.9 Å². The molecular formula is C11H15N3O2. The second kappa shape index (κ2) is 5.16. The third-order valence-corrected chi connectivity index (χ3v) is 2.30. The maximum atomic E-state index is 11.8. The molecule has 0 aliphatic carbocycles. The van der Waals surface area contributed by atoms with Crippen molar-refractivity contribution in [3.05, 3.63) is 35.4 Å². The van der Waals surface area contributed by atoms with E-state index >= 15 is 0 Å². The van der Waals surface area contributed by atoms with E-state index < -0.39 is 6.04 Å². The molecule has 1 rings (SSSR count). The van der Waals surface area contributed by atoms with Crippen LogP contribution in [-0.2, 0) is 0 Å². The summed E-state index contributed by atoms with van der Waals surface area (Å²) in [6.45, 7) is 3.49. The van der Waals surface area contributed by atoms with Gasteiger partial charge < -0.3 is 16.3 Å². The largest absolute Gasteiger partial charge is 0.409 e. The van der Waals surface area contributed by atoms with Crippen LogP contribution < -0.4 is 11.1 Å². The summed E-state index contributed by atoms with van der Waals surface area (Å²) < 4.78 is 0. The molecule has 4 N–H and O–H groups in total. The van der Waals surface area contributed by atoms with Gasteiger partial charge in [0, 0.05) is 5.56 Å². The minimum atomic E-state index is -0.503. The van der Waals surface area contributed by atoms with E-state index in [2.05, 4.69) is 10.5 Å². The average molecular weight is 221 g/mol. The van der Waals surface area contributed by atoms with Crippen LogP contribution in [0.2, 0.25) is 0 Å². The van der Waals surface area contributed by atoms with E-state index in [-0.39, 0.29) is 11.7 Å². The zero-order chi connectivity index (χ0) is 12.1. The van der Waals surface area contributed by atoms with E-state index in [1.54, 1.807) is 19.1 Å². The fourth-order valence-electron chi connectivity index (χ4n) is 1.26. The fourth-order valence-corrected chi connectivity index (χ4v) is 1.26. The summed E-state index contributed by atoms with van der Waals surface area (Å²) in [5.41, 5.74) is 6.83. The van der Waals surface area contributed by atoms with Gasteiger partial charge in [0.1, 0.15) is 0 Å². The van der Waals surface area contributed by atoms with Crippen LogP contribution in [0.1, 0.15) is 22.8 Å². The van der Waals surface area contributed by atoms with Crippen molar-refractivity contribution in [3.63, 3.8) is 0 Å². The van der Waals surface area contributed by atoms with Gasteiger partial charge in [0.25, 0.3) is 5.91 Å². The molecule has 1 atom stereocenters. The van der Waals surface area contributed by atoms with Crippen LogP contribution in [0.4, 0.5) is 0 Å². The van der Waals surface area contributed by atoms with E-state index in [9.17, 15) is 4.79 Å². The van der Waals surface area contributed by atoms with Crippen LogP contribution in [-0.4, -0.2) is 23.0 Å². The summed E-state index contributed by atoms with van der Waals surface area (Å²) >= 11 is 0. The van der Waals surface area contributed by atoms with Crippen molar-refractivity contribution in [1.29, 1.82) is 0 Å². The molecular weight excluding hydrogens is 206 g/mol. The number of rotatable bonds is 3. The van der Waals surface area contributed by atoms with Gasteiger partial charge in [0.15, 0.2) is 5.84 Å². The lowest BCUT2D eigenvalue weighted by Gasteiger charge is -2.13. The second-order valence-electron chi connectivity index (χ2n) is 3.53. The van der Waals surface area contributed by atoms with E-state index in [1.807, 2.05) is 19.1 Å². The number of amides is 1. The topological polar surface area (TPSA) is 87.7 Å². The molecule has 0 saturated heterocycles. The van der Waals surface area contributed by atoms with Crippen molar-refractivity contribution in [1.82, 2.24) is 5.32 Å². The fraction of sp³-hybridized carbons (Fsp3) is 0.273. The van der Waals surface area contributed by atoms with E-state index in [0.29, 0.717) is 5.56 Å². The molecule has 1 unspecified atom stereocenters. The van der Waals surface area contributed by atoms with E-state index in [4.69, 9.17) is 10.9 Å². The predicted octanol–water partition coefficient (Wildman–Crippen LogP) is 0.860. The second-order valence-corrected chi connectivity index (χ2v) is 3.53. The first-order valence-electron chi connectivity index (χ1n) is 4.90. The average Bonchev–Trinajstić information content (AvgIpc) is 2.28. The van der Waals surface area contributed by atoms with Gasteiger partial charge in [0.2, 0.25) is 0 Å². The molecule has 0 saturated carbocycles. The summed E-state index contributed by atoms with van der Waals surface area (Å²) in [5.74, 6) is -0.265. The predicted molar refractivity (Wildman–Crippen MR) is 61.5 cm³/mol. The van der Waals surface area contributed by atoms with Crippen LogP contribution in [0.5, 0.6) is 0 Å². The molecule has 5 nitrogen and oxygen atoms in total. The normalized spacial score (nSPS) is 13.2.